The van der Waals surface area contributed by atoms with Crippen LogP contribution >= 0.6 is 24.8 Å². The first-order chi connectivity index (χ1) is 12.2. The first-order valence-electron chi connectivity index (χ1n) is 9.90. The Morgan fingerprint density at radius 2 is 1.78 bits per heavy atom. The Balaban J connectivity index is 0.00000182. The lowest BCUT2D eigenvalue weighted by atomic mass is 9.79. The van der Waals surface area contributed by atoms with Gasteiger partial charge >= 0.3 is 0 Å². The van der Waals surface area contributed by atoms with Gasteiger partial charge in [0.15, 0.2) is 0 Å². The zero-order valence-corrected chi connectivity index (χ0v) is 18.5. The maximum absolute atomic E-state index is 2.57. The molecule has 0 spiro atoms. The van der Waals surface area contributed by atoms with Crippen molar-refractivity contribution in [3.05, 3.63) is 60.3 Å². The molecule has 1 unspecified atom stereocenters. The molecule has 27 heavy (non-hydrogen) atoms. The van der Waals surface area contributed by atoms with Crippen LogP contribution in [0.1, 0.15) is 46.5 Å². The maximum Gasteiger partial charge on any atom is 0.0669 e. The van der Waals surface area contributed by atoms with Gasteiger partial charge in [-0.15, -0.1) is 24.8 Å². The van der Waals surface area contributed by atoms with Gasteiger partial charge < -0.3 is 9.47 Å². The van der Waals surface area contributed by atoms with Crippen molar-refractivity contribution in [3.8, 4) is 0 Å². The predicted octanol–water partition coefficient (Wildman–Crippen LogP) is 6.60. The number of nitrogens with zero attached hydrogens (tertiary/aromatic N) is 2. The minimum atomic E-state index is 0. The molecule has 1 aliphatic carbocycles. The average Bonchev–Trinajstić information content (AvgIpc) is 3.11. The minimum Gasteiger partial charge on any atom is -0.338 e. The summed E-state index contributed by atoms with van der Waals surface area (Å²) in [6, 6.07) is 11.1. The molecule has 0 saturated carbocycles. The van der Waals surface area contributed by atoms with E-state index in [1.807, 2.05) is 0 Å². The molecule has 4 heteroatoms. The predicted molar refractivity (Wildman–Crippen MR) is 124 cm³/mol. The second-order valence-corrected chi connectivity index (χ2v) is 7.07. The van der Waals surface area contributed by atoms with Gasteiger partial charge in [-0.1, -0.05) is 57.2 Å². The Kier molecular flexibility index (Phi) is 9.66. The monoisotopic (exact) mass is 408 g/mol. The van der Waals surface area contributed by atoms with Gasteiger partial charge in [-0.25, -0.2) is 0 Å². The molecule has 0 radical (unpaired) electrons. The van der Waals surface area contributed by atoms with Crippen LogP contribution in [0.5, 0.6) is 0 Å². The number of hydrogen-bond donors (Lipinski definition) is 0. The zero-order chi connectivity index (χ0) is 17.7. The Labute approximate surface area is 177 Å². The van der Waals surface area contributed by atoms with Gasteiger partial charge in [0.2, 0.25) is 0 Å². The van der Waals surface area contributed by atoms with E-state index in [1.54, 1.807) is 5.57 Å². The molecule has 0 saturated heterocycles. The summed E-state index contributed by atoms with van der Waals surface area (Å²) in [5, 5.41) is 1.34. The van der Waals surface area contributed by atoms with Gasteiger partial charge in [0.25, 0.3) is 0 Å². The number of hydrogen-bond acceptors (Lipinski definition) is 1. The van der Waals surface area contributed by atoms with E-state index in [1.165, 1.54) is 23.7 Å². The fourth-order valence-electron chi connectivity index (χ4n) is 4.34. The Morgan fingerprint density at radius 1 is 1.04 bits per heavy atom. The van der Waals surface area contributed by atoms with Crippen LogP contribution in [0.15, 0.2) is 60.3 Å². The molecule has 2 aromatic rings. The molecule has 0 amide bonds. The highest BCUT2D eigenvalue weighted by Crippen LogP contribution is 2.40. The number of para-hydroxylation sites is 1. The van der Waals surface area contributed by atoms with E-state index >= 15 is 0 Å². The van der Waals surface area contributed by atoms with Crippen LogP contribution in [0, 0.1) is 0 Å². The summed E-state index contributed by atoms with van der Waals surface area (Å²) in [6.45, 7) is 10.3. The molecule has 1 aromatic carbocycles. The molecule has 0 fully saturated rings. The van der Waals surface area contributed by atoms with Crippen LogP contribution in [-0.4, -0.2) is 29.1 Å². The molecule has 1 heterocycles. The van der Waals surface area contributed by atoms with Crippen LogP contribution in [0.4, 0.5) is 0 Å². The molecule has 1 aromatic heterocycles. The number of rotatable bonds is 8. The lowest BCUT2D eigenvalue weighted by Gasteiger charge is -2.40. The molecule has 3 rings (SSSR count). The zero-order valence-electron chi connectivity index (χ0n) is 16.9. The van der Waals surface area contributed by atoms with Crippen LogP contribution in [-0.2, 0) is 5.54 Å². The van der Waals surface area contributed by atoms with E-state index in [0.717, 1.165) is 32.5 Å². The topological polar surface area (TPSA) is 8.17 Å². The summed E-state index contributed by atoms with van der Waals surface area (Å²) < 4.78 is 2.57. The van der Waals surface area contributed by atoms with Gasteiger partial charge in [-0.3, -0.25) is 0 Å². The standard InChI is InChI=1S/C23H32N2.2ClH/c1-4-23(17-19-24(5-2)6-3,21-13-8-7-9-14-21)25-18-16-20-12-10-11-15-22(20)25;;/h7-8,10-13,15-16,18H,4-6,9,14,17,19H2,1-3H3;2*1H. The third kappa shape index (κ3) is 4.80. The van der Waals surface area contributed by atoms with Gasteiger partial charge in [0.05, 0.1) is 5.54 Å². The number of halogens is 2. The largest absolute Gasteiger partial charge is 0.338 e. The Morgan fingerprint density at radius 3 is 2.41 bits per heavy atom. The van der Waals surface area contributed by atoms with E-state index in [-0.39, 0.29) is 30.4 Å². The molecule has 2 nitrogen and oxygen atoms in total. The number of fused-ring (bicyclic) bond motifs is 1. The summed E-state index contributed by atoms with van der Waals surface area (Å²) >= 11 is 0. The minimum absolute atomic E-state index is 0. The first kappa shape index (κ1) is 23.8. The number of benzene rings is 1. The molecule has 0 aliphatic heterocycles. The first-order valence-corrected chi connectivity index (χ1v) is 9.90. The van der Waals surface area contributed by atoms with Crippen LogP contribution in [0.2, 0.25) is 0 Å². The van der Waals surface area contributed by atoms with Crippen molar-refractivity contribution < 1.29 is 0 Å². The van der Waals surface area contributed by atoms with E-state index < -0.39 is 0 Å². The average molecular weight is 409 g/mol. The van der Waals surface area contributed by atoms with Crippen molar-refractivity contribution in [1.82, 2.24) is 9.47 Å². The highest BCUT2D eigenvalue weighted by molar-refractivity contribution is 5.85. The normalized spacial score (nSPS) is 15.8. The summed E-state index contributed by atoms with van der Waals surface area (Å²) in [7, 11) is 0. The van der Waals surface area contributed by atoms with Crippen molar-refractivity contribution in [3.63, 3.8) is 0 Å². The molecule has 150 valence electrons. The van der Waals surface area contributed by atoms with Gasteiger partial charge in [0, 0.05) is 18.3 Å². The van der Waals surface area contributed by atoms with E-state index in [0.29, 0.717) is 0 Å². The Bertz CT molecular complexity index is 759. The highest BCUT2D eigenvalue weighted by Gasteiger charge is 2.35. The van der Waals surface area contributed by atoms with Crippen molar-refractivity contribution in [1.29, 1.82) is 0 Å². The van der Waals surface area contributed by atoms with E-state index in [4.69, 9.17) is 0 Å². The highest BCUT2D eigenvalue weighted by atomic mass is 35.5. The second-order valence-electron chi connectivity index (χ2n) is 7.07. The number of allylic oxidation sites excluding steroid dienone is 4. The lowest BCUT2D eigenvalue weighted by Crippen LogP contribution is -2.39. The Hall–Kier alpha value is -1.22. The van der Waals surface area contributed by atoms with Crippen LogP contribution in [0.25, 0.3) is 10.9 Å². The van der Waals surface area contributed by atoms with Gasteiger partial charge in [-0.2, -0.15) is 0 Å². The molecular weight excluding hydrogens is 375 g/mol. The van der Waals surface area contributed by atoms with Crippen molar-refractivity contribution in [2.24, 2.45) is 0 Å². The van der Waals surface area contributed by atoms with Crippen molar-refractivity contribution in [2.75, 3.05) is 19.6 Å². The van der Waals surface area contributed by atoms with Crippen LogP contribution < -0.4 is 0 Å². The summed E-state index contributed by atoms with van der Waals surface area (Å²) in [5.41, 5.74) is 3.03. The van der Waals surface area contributed by atoms with Crippen LogP contribution in [0.3, 0.4) is 0 Å². The van der Waals surface area contributed by atoms with Gasteiger partial charge in [-0.05, 0) is 61.9 Å². The third-order valence-electron chi connectivity index (χ3n) is 5.99. The fourth-order valence-corrected chi connectivity index (χ4v) is 4.34. The van der Waals surface area contributed by atoms with Crippen molar-refractivity contribution >= 4 is 35.7 Å². The molecular formula is C23H34Cl2N2. The SMILES string of the molecule is CCN(CC)CCC(CC)(C1=CC=CCC1)n1ccc2ccccc21.Cl.Cl. The molecule has 1 aliphatic rings. The second kappa shape index (κ2) is 10.9. The van der Waals surface area contributed by atoms with E-state index in [9.17, 15) is 0 Å². The van der Waals surface area contributed by atoms with Crippen molar-refractivity contribution in [2.45, 2.75) is 52.0 Å². The third-order valence-corrected chi connectivity index (χ3v) is 5.99. The lowest BCUT2D eigenvalue weighted by molar-refractivity contribution is 0.226. The smallest absolute Gasteiger partial charge is 0.0669 e. The summed E-state index contributed by atoms with van der Waals surface area (Å²) in [6.07, 6.45) is 13.9. The fraction of sp³-hybridized carbons (Fsp3) is 0.478. The van der Waals surface area contributed by atoms with E-state index in [2.05, 4.69) is 85.0 Å². The summed E-state index contributed by atoms with van der Waals surface area (Å²) in [5.74, 6) is 0. The molecule has 0 N–H and O–H groups in total. The molecule has 0 bridgehead atoms. The van der Waals surface area contributed by atoms with Gasteiger partial charge in [0.1, 0.15) is 0 Å². The number of aromatic nitrogens is 1. The maximum atomic E-state index is 2.57. The quantitative estimate of drug-likeness (QED) is 0.477. The summed E-state index contributed by atoms with van der Waals surface area (Å²) in [4.78, 5) is 2.55. The molecule has 1 atom stereocenters.